The highest BCUT2D eigenvalue weighted by molar-refractivity contribution is 5.84. The van der Waals surface area contributed by atoms with Gasteiger partial charge in [-0.1, -0.05) is 0 Å². The van der Waals surface area contributed by atoms with Gasteiger partial charge in [-0.05, 0) is 13.0 Å². The second-order valence-corrected chi connectivity index (χ2v) is 5.61. The molecule has 8 heteroatoms. The van der Waals surface area contributed by atoms with Crippen LogP contribution in [0.15, 0.2) is 17.1 Å². The van der Waals surface area contributed by atoms with Crippen LogP contribution in [-0.2, 0) is 9.47 Å². The third kappa shape index (κ3) is 2.44. The predicted molar refractivity (Wildman–Crippen MR) is 81.5 cm³/mol. The fourth-order valence-electron chi connectivity index (χ4n) is 2.97. The zero-order chi connectivity index (χ0) is 15.7. The molecule has 0 aliphatic carbocycles. The van der Waals surface area contributed by atoms with Gasteiger partial charge in [-0.3, -0.25) is 10.1 Å². The van der Waals surface area contributed by atoms with Crippen molar-refractivity contribution in [3.05, 3.63) is 22.6 Å². The van der Waals surface area contributed by atoms with Crippen LogP contribution in [-0.4, -0.2) is 56.1 Å². The number of methoxy groups -OCH3 is 1. The average Bonchev–Trinajstić information content (AvgIpc) is 2.48. The van der Waals surface area contributed by atoms with E-state index in [1.165, 1.54) is 13.3 Å². The van der Waals surface area contributed by atoms with Crippen LogP contribution in [0.5, 0.6) is 0 Å². The second kappa shape index (κ2) is 5.62. The molecule has 120 valence electrons. The molecular weight excluding hydrogens is 288 g/mol. The number of hydrogen-bond acceptors (Lipinski definition) is 6. The largest absolute Gasteiger partial charge is 0.453 e. The summed E-state index contributed by atoms with van der Waals surface area (Å²) in [7, 11) is 1.29. The van der Waals surface area contributed by atoms with E-state index >= 15 is 0 Å². The Hall–Kier alpha value is -2.06. The lowest BCUT2D eigenvalue weighted by atomic mass is 9.86. The molecular formula is C14H20N4O4. The number of nitrogens with zero attached hydrogens (tertiary/aromatic N) is 1. The summed E-state index contributed by atoms with van der Waals surface area (Å²) in [6.45, 7) is 4.82. The van der Waals surface area contributed by atoms with E-state index in [4.69, 9.17) is 4.74 Å². The molecule has 2 saturated heterocycles. The second-order valence-electron chi connectivity index (χ2n) is 5.61. The SMILES string of the molecule is COC(=O)Nc1c[nH]c(=O)c(N2CCOC3(CNC3)C2C)c1. The summed E-state index contributed by atoms with van der Waals surface area (Å²) in [6, 6.07) is 1.73. The maximum atomic E-state index is 12.2. The molecule has 1 unspecified atom stereocenters. The summed E-state index contributed by atoms with van der Waals surface area (Å²) in [6.07, 6.45) is 0.877. The quantitative estimate of drug-likeness (QED) is 0.718. The third-order valence-electron chi connectivity index (χ3n) is 4.42. The molecule has 8 nitrogen and oxygen atoms in total. The summed E-state index contributed by atoms with van der Waals surface area (Å²) in [5.41, 5.74) is 0.583. The normalized spacial score (nSPS) is 23.0. The predicted octanol–water partition coefficient (Wildman–Crippen LogP) is 0.120. The molecule has 22 heavy (non-hydrogen) atoms. The van der Waals surface area contributed by atoms with Gasteiger partial charge in [0.25, 0.3) is 5.56 Å². The van der Waals surface area contributed by atoms with Crippen molar-refractivity contribution in [2.24, 2.45) is 0 Å². The molecule has 1 amide bonds. The van der Waals surface area contributed by atoms with Crippen molar-refractivity contribution in [1.29, 1.82) is 0 Å². The van der Waals surface area contributed by atoms with Gasteiger partial charge in [0.15, 0.2) is 0 Å². The minimum Gasteiger partial charge on any atom is -0.453 e. The lowest BCUT2D eigenvalue weighted by Crippen LogP contribution is -2.73. The molecule has 1 spiro atoms. The Morgan fingerprint density at radius 3 is 2.95 bits per heavy atom. The molecule has 3 rings (SSSR count). The van der Waals surface area contributed by atoms with Crippen LogP contribution in [0, 0.1) is 0 Å². The van der Waals surface area contributed by atoms with Gasteiger partial charge in [0.2, 0.25) is 0 Å². The van der Waals surface area contributed by atoms with Crippen molar-refractivity contribution in [3.63, 3.8) is 0 Å². The first kappa shape index (κ1) is 14.9. The minimum absolute atomic E-state index is 0.0666. The summed E-state index contributed by atoms with van der Waals surface area (Å²) in [5.74, 6) is 0. The number of aromatic amines is 1. The number of morpholine rings is 1. The van der Waals surface area contributed by atoms with Crippen molar-refractivity contribution in [1.82, 2.24) is 10.3 Å². The van der Waals surface area contributed by atoms with Crippen LogP contribution in [0.3, 0.4) is 0 Å². The topological polar surface area (TPSA) is 95.7 Å². The van der Waals surface area contributed by atoms with Gasteiger partial charge in [-0.25, -0.2) is 4.79 Å². The van der Waals surface area contributed by atoms with Crippen LogP contribution < -0.4 is 21.1 Å². The van der Waals surface area contributed by atoms with E-state index in [0.717, 1.165) is 13.1 Å². The van der Waals surface area contributed by atoms with Gasteiger partial charge < -0.3 is 24.7 Å². The Morgan fingerprint density at radius 1 is 1.55 bits per heavy atom. The third-order valence-corrected chi connectivity index (χ3v) is 4.42. The fraction of sp³-hybridized carbons (Fsp3) is 0.571. The van der Waals surface area contributed by atoms with E-state index in [9.17, 15) is 9.59 Å². The number of carbonyl (C=O) groups excluding carboxylic acids is 1. The molecule has 0 radical (unpaired) electrons. The highest BCUT2D eigenvalue weighted by Crippen LogP contribution is 2.31. The highest BCUT2D eigenvalue weighted by Gasteiger charge is 2.48. The molecule has 2 aliphatic rings. The monoisotopic (exact) mass is 308 g/mol. The smallest absolute Gasteiger partial charge is 0.411 e. The number of carbonyl (C=O) groups is 1. The van der Waals surface area contributed by atoms with Crippen molar-refractivity contribution < 1.29 is 14.3 Å². The lowest BCUT2D eigenvalue weighted by Gasteiger charge is -2.54. The molecule has 1 aromatic heterocycles. The summed E-state index contributed by atoms with van der Waals surface area (Å²) in [5, 5.41) is 5.78. The summed E-state index contributed by atoms with van der Waals surface area (Å²) in [4.78, 5) is 28.2. The van der Waals surface area contributed by atoms with Gasteiger partial charge in [0, 0.05) is 25.8 Å². The van der Waals surface area contributed by atoms with E-state index in [-0.39, 0.29) is 17.2 Å². The van der Waals surface area contributed by atoms with E-state index in [2.05, 4.69) is 27.3 Å². The zero-order valence-corrected chi connectivity index (χ0v) is 12.6. The number of aromatic nitrogens is 1. The number of amides is 1. The van der Waals surface area contributed by atoms with Crippen molar-refractivity contribution >= 4 is 17.5 Å². The molecule has 1 atom stereocenters. The number of hydrogen-bond donors (Lipinski definition) is 3. The van der Waals surface area contributed by atoms with Crippen molar-refractivity contribution in [2.75, 3.05) is 43.6 Å². The van der Waals surface area contributed by atoms with E-state index in [1.54, 1.807) is 6.07 Å². The number of rotatable bonds is 2. The molecule has 0 saturated carbocycles. The van der Waals surface area contributed by atoms with Crippen LogP contribution in [0.1, 0.15) is 6.92 Å². The fourth-order valence-corrected chi connectivity index (χ4v) is 2.97. The van der Waals surface area contributed by atoms with Crippen LogP contribution in [0.25, 0.3) is 0 Å². The van der Waals surface area contributed by atoms with Crippen LogP contribution in [0.4, 0.5) is 16.2 Å². The number of H-pyrrole nitrogens is 1. The number of anilines is 2. The maximum absolute atomic E-state index is 12.2. The Labute approximate surface area is 127 Å². The number of nitrogens with one attached hydrogen (secondary N) is 3. The van der Waals surface area contributed by atoms with Crippen molar-refractivity contribution in [3.8, 4) is 0 Å². The molecule has 2 fully saturated rings. The average molecular weight is 308 g/mol. The van der Waals surface area contributed by atoms with Gasteiger partial charge in [-0.2, -0.15) is 0 Å². The zero-order valence-electron chi connectivity index (χ0n) is 12.6. The van der Waals surface area contributed by atoms with Crippen LogP contribution >= 0.6 is 0 Å². The Kier molecular flexibility index (Phi) is 3.79. The number of ether oxygens (including phenoxy) is 2. The summed E-state index contributed by atoms with van der Waals surface area (Å²) < 4.78 is 10.5. The van der Waals surface area contributed by atoms with Gasteiger partial charge in [-0.15, -0.1) is 0 Å². The number of pyridine rings is 1. The van der Waals surface area contributed by atoms with Gasteiger partial charge in [0.05, 0.1) is 25.4 Å². The Balaban J connectivity index is 1.88. The van der Waals surface area contributed by atoms with Gasteiger partial charge >= 0.3 is 6.09 Å². The summed E-state index contributed by atoms with van der Waals surface area (Å²) >= 11 is 0. The molecule has 2 aliphatic heterocycles. The van der Waals surface area contributed by atoms with E-state index in [1.807, 2.05) is 4.90 Å². The van der Waals surface area contributed by atoms with E-state index < -0.39 is 6.09 Å². The lowest BCUT2D eigenvalue weighted by molar-refractivity contribution is -0.111. The Morgan fingerprint density at radius 2 is 2.32 bits per heavy atom. The molecule has 0 aromatic carbocycles. The Bertz CT molecular complexity index is 626. The highest BCUT2D eigenvalue weighted by atomic mass is 16.5. The molecule has 3 heterocycles. The molecule has 0 bridgehead atoms. The maximum Gasteiger partial charge on any atom is 0.411 e. The van der Waals surface area contributed by atoms with Gasteiger partial charge in [0.1, 0.15) is 11.3 Å². The first-order chi connectivity index (χ1) is 10.6. The standard InChI is InChI=1S/C14H20N4O4/c1-9-14(7-15-8-14)22-4-3-18(9)11-5-10(6-16-12(11)19)17-13(20)21-2/h5-6,9,15H,3-4,7-8H2,1-2H3,(H,16,19)(H,17,20). The first-order valence-corrected chi connectivity index (χ1v) is 7.25. The minimum atomic E-state index is -0.576. The van der Waals surface area contributed by atoms with Crippen molar-refractivity contribution in [2.45, 2.75) is 18.6 Å². The molecule has 1 aromatic rings. The van der Waals surface area contributed by atoms with Crippen LogP contribution in [0.2, 0.25) is 0 Å². The first-order valence-electron chi connectivity index (χ1n) is 7.25. The molecule has 3 N–H and O–H groups in total. The van der Waals surface area contributed by atoms with E-state index in [0.29, 0.717) is 24.5 Å².